The first-order chi connectivity index (χ1) is 12.5. The summed E-state index contributed by atoms with van der Waals surface area (Å²) in [6, 6.07) is 18.2. The van der Waals surface area contributed by atoms with Crippen molar-refractivity contribution in [2.75, 3.05) is 5.32 Å². The average Bonchev–Trinajstić information content (AvgIpc) is 3.45. The molecule has 0 aromatic heterocycles. The average molecular weight is 352 g/mol. The molecule has 0 heterocycles. The molecule has 1 fully saturated rings. The number of rotatable bonds is 7. The lowest BCUT2D eigenvalue weighted by Crippen LogP contribution is -2.52. The van der Waals surface area contributed by atoms with Crippen LogP contribution in [-0.4, -0.2) is 34.9 Å². The van der Waals surface area contributed by atoms with Crippen molar-refractivity contribution in [1.82, 2.24) is 5.32 Å². The maximum Gasteiger partial charge on any atom is 0.475 e. The van der Waals surface area contributed by atoms with Gasteiger partial charge < -0.3 is 20.7 Å². The van der Waals surface area contributed by atoms with E-state index in [0.29, 0.717) is 18.5 Å². The molecule has 1 unspecified atom stereocenters. The highest BCUT2D eigenvalue weighted by Gasteiger charge is 2.57. The number of carbonyl (C=O) groups is 2. The molecule has 134 valence electrons. The number of hydrogen-bond acceptors (Lipinski definition) is 4. The highest BCUT2D eigenvalue weighted by atomic mass is 16.4. The van der Waals surface area contributed by atoms with E-state index in [1.807, 2.05) is 36.4 Å². The maximum atomic E-state index is 12.7. The van der Waals surface area contributed by atoms with Gasteiger partial charge in [-0.25, -0.2) is 0 Å². The summed E-state index contributed by atoms with van der Waals surface area (Å²) in [4.78, 5) is 25.2. The highest BCUT2D eigenvalue weighted by molar-refractivity contribution is 6.43. The normalized spacial score (nSPS) is 15.6. The molecule has 6 nitrogen and oxygen atoms in total. The zero-order valence-corrected chi connectivity index (χ0v) is 14.3. The standard InChI is InChI=1S/C19H21BN2O4/c23-17(21-15-9-5-2-6-10-15)19(11-12-19)18(24)22-16(20(25)26)13-14-7-3-1-4-8-14/h1-10,16,25-26H,11-13H2,(H,21,23)(H,22,24). The molecule has 2 amide bonds. The minimum absolute atomic E-state index is 0.265. The van der Waals surface area contributed by atoms with Crippen molar-refractivity contribution in [2.24, 2.45) is 5.41 Å². The van der Waals surface area contributed by atoms with Crippen LogP contribution >= 0.6 is 0 Å². The third-order valence-corrected chi connectivity index (χ3v) is 4.63. The number of benzene rings is 2. The summed E-state index contributed by atoms with van der Waals surface area (Å²) in [7, 11) is -1.72. The Bertz CT molecular complexity index is 764. The molecule has 2 aromatic carbocycles. The first-order valence-electron chi connectivity index (χ1n) is 8.59. The third-order valence-electron chi connectivity index (χ3n) is 4.63. The smallest absolute Gasteiger partial charge is 0.426 e. The molecule has 1 atom stereocenters. The molecule has 4 N–H and O–H groups in total. The van der Waals surface area contributed by atoms with E-state index in [-0.39, 0.29) is 12.3 Å². The fourth-order valence-corrected chi connectivity index (χ4v) is 2.86. The topological polar surface area (TPSA) is 98.7 Å². The second kappa shape index (κ2) is 7.72. The summed E-state index contributed by atoms with van der Waals surface area (Å²) < 4.78 is 0. The van der Waals surface area contributed by atoms with Crippen LogP contribution in [0.1, 0.15) is 18.4 Å². The van der Waals surface area contributed by atoms with Gasteiger partial charge in [-0.3, -0.25) is 9.59 Å². The largest absolute Gasteiger partial charge is 0.475 e. The summed E-state index contributed by atoms with van der Waals surface area (Å²) in [6.45, 7) is 0. The summed E-state index contributed by atoms with van der Waals surface area (Å²) in [5.41, 5.74) is 0.351. The van der Waals surface area contributed by atoms with Crippen molar-refractivity contribution >= 4 is 24.6 Å². The Hall–Kier alpha value is -2.64. The van der Waals surface area contributed by atoms with Crippen LogP contribution in [-0.2, 0) is 16.0 Å². The highest BCUT2D eigenvalue weighted by Crippen LogP contribution is 2.47. The van der Waals surface area contributed by atoms with Gasteiger partial charge in [-0.15, -0.1) is 0 Å². The number of hydrogen-bond donors (Lipinski definition) is 4. The molecule has 1 aliphatic carbocycles. The van der Waals surface area contributed by atoms with Crippen LogP contribution in [0.15, 0.2) is 60.7 Å². The van der Waals surface area contributed by atoms with Crippen molar-refractivity contribution < 1.29 is 19.6 Å². The van der Waals surface area contributed by atoms with E-state index in [4.69, 9.17) is 0 Å². The van der Waals surface area contributed by atoms with Crippen LogP contribution in [0.4, 0.5) is 5.69 Å². The van der Waals surface area contributed by atoms with Gasteiger partial charge in [0.1, 0.15) is 5.41 Å². The summed E-state index contributed by atoms with van der Waals surface area (Å²) >= 11 is 0. The fourth-order valence-electron chi connectivity index (χ4n) is 2.86. The van der Waals surface area contributed by atoms with Crippen LogP contribution in [0.25, 0.3) is 0 Å². The minimum Gasteiger partial charge on any atom is -0.426 e. The van der Waals surface area contributed by atoms with Gasteiger partial charge in [-0.1, -0.05) is 48.5 Å². The van der Waals surface area contributed by atoms with Gasteiger partial charge in [0.25, 0.3) is 0 Å². The molecule has 0 spiro atoms. The van der Waals surface area contributed by atoms with Crippen molar-refractivity contribution in [3.8, 4) is 0 Å². The Morgan fingerprint density at radius 1 is 0.962 bits per heavy atom. The van der Waals surface area contributed by atoms with Crippen molar-refractivity contribution in [1.29, 1.82) is 0 Å². The number of carbonyl (C=O) groups excluding carboxylic acids is 2. The lowest BCUT2D eigenvalue weighted by Gasteiger charge is -2.22. The van der Waals surface area contributed by atoms with Gasteiger partial charge >= 0.3 is 7.12 Å². The number of anilines is 1. The molecule has 1 saturated carbocycles. The second-order valence-electron chi connectivity index (χ2n) is 6.59. The summed E-state index contributed by atoms with van der Waals surface area (Å²) in [5.74, 6) is -1.72. The zero-order valence-electron chi connectivity index (χ0n) is 14.3. The van der Waals surface area contributed by atoms with Gasteiger partial charge in [0, 0.05) is 5.69 Å². The van der Waals surface area contributed by atoms with Crippen LogP contribution in [0, 0.1) is 5.41 Å². The van der Waals surface area contributed by atoms with E-state index in [1.165, 1.54) is 0 Å². The first-order valence-corrected chi connectivity index (χ1v) is 8.59. The molecule has 3 rings (SSSR count). The Morgan fingerprint density at radius 2 is 1.54 bits per heavy atom. The number of para-hydroxylation sites is 1. The van der Waals surface area contributed by atoms with E-state index in [9.17, 15) is 19.6 Å². The Kier molecular flexibility index (Phi) is 5.39. The minimum atomic E-state index is -1.72. The van der Waals surface area contributed by atoms with E-state index in [0.717, 1.165) is 5.56 Å². The van der Waals surface area contributed by atoms with Crippen molar-refractivity contribution in [3.05, 3.63) is 66.2 Å². The molecule has 26 heavy (non-hydrogen) atoms. The SMILES string of the molecule is O=C(Nc1ccccc1)C1(C(=O)NC(Cc2ccccc2)B(O)O)CC1. The Labute approximate surface area is 152 Å². The molecule has 7 heteroatoms. The van der Waals surface area contributed by atoms with Crippen LogP contribution in [0.5, 0.6) is 0 Å². The predicted octanol–water partition coefficient (Wildman–Crippen LogP) is 1.14. The lowest BCUT2D eigenvalue weighted by molar-refractivity contribution is -0.134. The fraction of sp³-hybridized carbons (Fsp3) is 0.263. The summed E-state index contributed by atoms with van der Waals surface area (Å²) in [6.07, 6.45) is 1.15. The Morgan fingerprint density at radius 3 is 2.08 bits per heavy atom. The quantitative estimate of drug-likeness (QED) is 0.444. The van der Waals surface area contributed by atoms with Gasteiger partial charge in [0.2, 0.25) is 11.8 Å². The first kappa shape index (κ1) is 18.2. The zero-order chi connectivity index (χ0) is 18.6. The van der Waals surface area contributed by atoms with Gasteiger partial charge in [0.15, 0.2) is 0 Å². The molecule has 0 radical (unpaired) electrons. The number of amides is 2. The van der Waals surface area contributed by atoms with Crippen LogP contribution in [0.3, 0.4) is 0 Å². The molecule has 1 aliphatic rings. The molecule has 0 bridgehead atoms. The van der Waals surface area contributed by atoms with E-state index in [1.54, 1.807) is 24.3 Å². The second-order valence-corrected chi connectivity index (χ2v) is 6.59. The van der Waals surface area contributed by atoms with E-state index >= 15 is 0 Å². The third kappa shape index (κ3) is 4.12. The monoisotopic (exact) mass is 352 g/mol. The maximum absolute atomic E-state index is 12.7. The Balaban J connectivity index is 1.66. The molecule has 2 aromatic rings. The van der Waals surface area contributed by atoms with Crippen LogP contribution in [0.2, 0.25) is 0 Å². The lowest BCUT2D eigenvalue weighted by atomic mass is 9.75. The number of nitrogens with one attached hydrogen (secondary N) is 2. The van der Waals surface area contributed by atoms with Crippen LogP contribution < -0.4 is 10.6 Å². The molecular formula is C19H21BN2O4. The summed E-state index contributed by atoms with van der Waals surface area (Å²) in [5, 5.41) is 24.6. The van der Waals surface area contributed by atoms with E-state index < -0.39 is 24.4 Å². The van der Waals surface area contributed by atoms with Crippen molar-refractivity contribution in [2.45, 2.75) is 25.2 Å². The van der Waals surface area contributed by atoms with Gasteiger partial charge in [0.05, 0.1) is 5.94 Å². The molecule has 0 saturated heterocycles. The molecule has 0 aliphatic heterocycles. The molecular weight excluding hydrogens is 331 g/mol. The van der Waals surface area contributed by atoms with E-state index in [2.05, 4.69) is 10.6 Å². The van der Waals surface area contributed by atoms with Gasteiger partial charge in [-0.2, -0.15) is 0 Å². The van der Waals surface area contributed by atoms with Gasteiger partial charge in [-0.05, 0) is 37.0 Å². The van der Waals surface area contributed by atoms with Crippen molar-refractivity contribution in [3.63, 3.8) is 0 Å². The predicted molar refractivity (Wildman–Crippen MR) is 99.0 cm³/mol.